The summed E-state index contributed by atoms with van der Waals surface area (Å²) in [5, 5.41) is 3.13. The van der Waals surface area contributed by atoms with Crippen molar-refractivity contribution in [1.29, 1.82) is 0 Å². The minimum Gasteiger partial charge on any atom is -0.468 e. The molecule has 0 spiro atoms. The molecule has 0 aromatic carbocycles. The standard InChI is InChI=1S/C14H26N2O/c1-11(14(2,3)4)16(6)10-12-7-8-17-13(12)9-15-5/h7-8,11,15H,9-10H2,1-6H3. The minimum atomic E-state index is 0.293. The first kappa shape index (κ1) is 14.3. The highest BCUT2D eigenvalue weighted by Crippen LogP contribution is 2.25. The zero-order valence-corrected chi connectivity index (χ0v) is 12.0. The van der Waals surface area contributed by atoms with Crippen LogP contribution in [-0.2, 0) is 13.1 Å². The van der Waals surface area contributed by atoms with Crippen molar-refractivity contribution in [2.75, 3.05) is 14.1 Å². The van der Waals surface area contributed by atoms with Crippen LogP contribution in [0.25, 0.3) is 0 Å². The van der Waals surface area contributed by atoms with Gasteiger partial charge in [0.2, 0.25) is 0 Å². The molecule has 0 fully saturated rings. The van der Waals surface area contributed by atoms with Crippen molar-refractivity contribution in [2.24, 2.45) is 5.41 Å². The minimum absolute atomic E-state index is 0.293. The van der Waals surface area contributed by atoms with Crippen molar-refractivity contribution in [1.82, 2.24) is 10.2 Å². The van der Waals surface area contributed by atoms with E-state index in [2.05, 4.69) is 51.0 Å². The zero-order chi connectivity index (χ0) is 13.1. The quantitative estimate of drug-likeness (QED) is 0.855. The molecule has 0 aliphatic carbocycles. The predicted octanol–water partition coefficient (Wildman–Crippen LogP) is 2.87. The van der Waals surface area contributed by atoms with Gasteiger partial charge in [0.15, 0.2) is 0 Å². The fourth-order valence-corrected chi connectivity index (χ4v) is 1.89. The second-order valence-corrected chi connectivity index (χ2v) is 5.86. The van der Waals surface area contributed by atoms with Gasteiger partial charge in [-0.2, -0.15) is 0 Å². The van der Waals surface area contributed by atoms with Gasteiger partial charge in [0, 0.05) is 18.2 Å². The largest absolute Gasteiger partial charge is 0.468 e. The van der Waals surface area contributed by atoms with Crippen molar-refractivity contribution < 1.29 is 4.42 Å². The molecule has 1 aromatic heterocycles. The predicted molar refractivity (Wildman–Crippen MR) is 71.9 cm³/mol. The van der Waals surface area contributed by atoms with E-state index in [9.17, 15) is 0 Å². The maximum atomic E-state index is 5.48. The smallest absolute Gasteiger partial charge is 0.122 e. The van der Waals surface area contributed by atoms with Crippen molar-refractivity contribution in [3.8, 4) is 0 Å². The first-order valence-corrected chi connectivity index (χ1v) is 6.26. The van der Waals surface area contributed by atoms with Crippen LogP contribution in [0.2, 0.25) is 0 Å². The topological polar surface area (TPSA) is 28.4 Å². The van der Waals surface area contributed by atoms with E-state index < -0.39 is 0 Å². The highest BCUT2D eigenvalue weighted by molar-refractivity contribution is 5.16. The summed E-state index contributed by atoms with van der Waals surface area (Å²) in [6.45, 7) is 10.8. The monoisotopic (exact) mass is 238 g/mol. The zero-order valence-electron chi connectivity index (χ0n) is 12.0. The molecular weight excluding hydrogens is 212 g/mol. The second kappa shape index (κ2) is 5.69. The lowest BCUT2D eigenvalue weighted by Crippen LogP contribution is -2.38. The molecule has 3 heteroatoms. The summed E-state index contributed by atoms with van der Waals surface area (Å²) < 4.78 is 5.48. The molecule has 0 aliphatic heterocycles. The van der Waals surface area contributed by atoms with Gasteiger partial charge in [-0.25, -0.2) is 0 Å². The Bertz CT molecular complexity index is 338. The molecule has 1 heterocycles. The van der Waals surface area contributed by atoms with Crippen molar-refractivity contribution in [2.45, 2.75) is 46.8 Å². The van der Waals surface area contributed by atoms with Crippen LogP contribution in [0, 0.1) is 5.41 Å². The maximum absolute atomic E-state index is 5.48. The molecule has 1 aromatic rings. The number of hydrogen-bond acceptors (Lipinski definition) is 3. The highest BCUT2D eigenvalue weighted by Gasteiger charge is 2.24. The Labute approximate surface area is 105 Å². The fourth-order valence-electron chi connectivity index (χ4n) is 1.89. The Hall–Kier alpha value is -0.800. The number of furan rings is 1. The van der Waals surface area contributed by atoms with E-state index in [4.69, 9.17) is 4.42 Å². The summed E-state index contributed by atoms with van der Waals surface area (Å²) in [5.74, 6) is 1.04. The maximum Gasteiger partial charge on any atom is 0.122 e. The van der Waals surface area contributed by atoms with Gasteiger partial charge in [0.25, 0.3) is 0 Å². The van der Waals surface area contributed by atoms with Crippen LogP contribution in [0.5, 0.6) is 0 Å². The van der Waals surface area contributed by atoms with E-state index in [0.717, 1.165) is 18.8 Å². The molecular formula is C14H26N2O. The molecule has 0 radical (unpaired) electrons. The molecule has 3 nitrogen and oxygen atoms in total. The third-order valence-corrected chi connectivity index (χ3v) is 3.51. The van der Waals surface area contributed by atoms with Gasteiger partial charge in [-0.1, -0.05) is 20.8 Å². The van der Waals surface area contributed by atoms with Crippen LogP contribution >= 0.6 is 0 Å². The molecule has 0 aliphatic rings. The summed E-state index contributed by atoms with van der Waals surface area (Å²) in [6.07, 6.45) is 1.78. The first-order chi connectivity index (χ1) is 7.86. The van der Waals surface area contributed by atoms with Gasteiger partial charge in [-0.3, -0.25) is 4.90 Å². The Morgan fingerprint density at radius 3 is 2.59 bits per heavy atom. The Kier molecular flexibility index (Phi) is 4.78. The number of nitrogens with one attached hydrogen (secondary N) is 1. The van der Waals surface area contributed by atoms with E-state index in [-0.39, 0.29) is 0 Å². The van der Waals surface area contributed by atoms with Gasteiger partial charge in [0.05, 0.1) is 12.8 Å². The van der Waals surface area contributed by atoms with Crippen LogP contribution in [0.4, 0.5) is 0 Å². The van der Waals surface area contributed by atoms with E-state index in [0.29, 0.717) is 11.5 Å². The summed E-state index contributed by atoms with van der Waals surface area (Å²) >= 11 is 0. The molecule has 1 rings (SSSR count). The van der Waals surface area contributed by atoms with Gasteiger partial charge in [-0.15, -0.1) is 0 Å². The Morgan fingerprint density at radius 2 is 2.06 bits per heavy atom. The van der Waals surface area contributed by atoms with Crippen LogP contribution in [0.15, 0.2) is 16.7 Å². The number of rotatable bonds is 5. The summed E-state index contributed by atoms with van der Waals surface area (Å²) in [6, 6.07) is 2.60. The lowest BCUT2D eigenvalue weighted by Gasteiger charge is -2.35. The fraction of sp³-hybridized carbons (Fsp3) is 0.714. The third kappa shape index (κ3) is 3.86. The molecule has 98 valence electrons. The number of hydrogen-bond donors (Lipinski definition) is 1. The molecule has 0 amide bonds. The first-order valence-electron chi connectivity index (χ1n) is 6.26. The van der Waals surface area contributed by atoms with Crippen LogP contribution < -0.4 is 5.32 Å². The number of nitrogens with zero attached hydrogens (tertiary/aromatic N) is 1. The van der Waals surface area contributed by atoms with Gasteiger partial charge < -0.3 is 9.73 Å². The lowest BCUT2D eigenvalue weighted by atomic mass is 9.87. The Morgan fingerprint density at radius 1 is 1.41 bits per heavy atom. The van der Waals surface area contributed by atoms with E-state index in [1.807, 2.05) is 7.05 Å². The molecule has 0 saturated carbocycles. The second-order valence-electron chi connectivity index (χ2n) is 5.86. The van der Waals surface area contributed by atoms with Crippen LogP contribution in [-0.4, -0.2) is 25.0 Å². The van der Waals surface area contributed by atoms with Gasteiger partial charge in [0.1, 0.15) is 5.76 Å². The summed E-state index contributed by atoms with van der Waals surface area (Å²) in [5.41, 5.74) is 1.57. The van der Waals surface area contributed by atoms with Gasteiger partial charge >= 0.3 is 0 Å². The average Bonchev–Trinajstić information content (AvgIpc) is 2.64. The summed E-state index contributed by atoms with van der Waals surface area (Å²) in [7, 11) is 4.11. The lowest BCUT2D eigenvalue weighted by molar-refractivity contribution is 0.134. The molecule has 17 heavy (non-hydrogen) atoms. The average molecular weight is 238 g/mol. The third-order valence-electron chi connectivity index (χ3n) is 3.51. The van der Waals surface area contributed by atoms with Crippen LogP contribution in [0.1, 0.15) is 39.0 Å². The molecule has 1 unspecified atom stereocenters. The molecule has 1 atom stereocenters. The SMILES string of the molecule is CNCc1occc1CN(C)C(C)C(C)(C)C. The van der Waals surface area contributed by atoms with Crippen molar-refractivity contribution >= 4 is 0 Å². The van der Waals surface area contributed by atoms with E-state index in [1.54, 1.807) is 6.26 Å². The normalized spacial score (nSPS) is 14.3. The highest BCUT2D eigenvalue weighted by atomic mass is 16.3. The van der Waals surface area contributed by atoms with E-state index in [1.165, 1.54) is 5.56 Å². The molecule has 0 saturated heterocycles. The molecule has 1 N–H and O–H groups in total. The van der Waals surface area contributed by atoms with Crippen molar-refractivity contribution in [3.05, 3.63) is 23.7 Å². The van der Waals surface area contributed by atoms with Crippen molar-refractivity contribution in [3.63, 3.8) is 0 Å². The summed E-state index contributed by atoms with van der Waals surface area (Å²) in [4.78, 5) is 2.38. The Balaban J connectivity index is 2.67. The van der Waals surface area contributed by atoms with Crippen LogP contribution in [0.3, 0.4) is 0 Å². The van der Waals surface area contributed by atoms with Gasteiger partial charge in [-0.05, 0) is 32.5 Å². The van der Waals surface area contributed by atoms with E-state index >= 15 is 0 Å². The molecule has 0 bridgehead atoms.